The fourth-order valence-electron chi connectivity index (χ4n) is 3.10. The molecule has 0 amide bonds. The Balaban J connectivity index is 1.77. The third kappa shape index (κ3) is 4.86. The Morgan fingerprint density at radius 2 is 1.88 bits per heavy atom. The second-order valence-electron chi connectivity index (χ2n) is 6.85. The number of ether oxygens (including phenoxy) is 1. The number of para-hydroxylation sites is 1. The summed E-state index contributed by atoms with van der Waals surface area (Å²) < 4.78 is 6.81. The topological polar surface area (TPSA) is 120 Å². The minimum absolute atomic E-state index is 0.0248. The molecule has 0 saturated carbocycles. The lowest BCUT2D eigenvalue weighted by atomic mass is 10.2. The first-order valence-electron chi connectivity index (χ1n) is 9.47. The van der Waals surface area contributed by atoms with Crippen molar-refractivity contribution >= 4 is 50.3 Å². The lowest BCUT2D eigenvalue weighted by Gasteiger charge is -2.11. The van der Waals surface area contributed by atoms with Crippen LogP contribution in [-0.4, -0.2) is 20.8 Å². The SMILES string of the molecule is O=c1[nH]c2ccccc2c(=O)n1N=Cc1cc(Br)cc([N+](=O)[O-])c1OCc1ccc(Cl)cc1. The number of aromatic nitrogens is 2. The number of nitrogens with one attached hydrogen (secondary N) is 1. The van der Waals surface area contributed by atoms with Gasteiger partial charge in [-0.1, -0.05) is 51.8 Å². The highest BCUT2D eigenvalue weighted by molar-refractivity contribution is 9.10. The van der Waals surface area contributed by atoms with Gasteiger partial charge in [0.15, 0.2) is 0 Å². The van der Waals surface area contributed by atoms with Gasteiger partial charge in [-0.15, -0.1) is 4.68 Å². The molecule has 0 radical (unpaired) electrons. The summed E-state index contributed by atoms with van der Waals surface area (Å²) in [7, 11) is 0. The van der Waals surface area contributed by atoms with Gasteiger partial charge in [0.1, 0.15) is 6.61 Å². The van der Waals surface area contributed by atoms with Crippen LogP contribution in [0.3, 0.4) is 0 Å². The van der Waals surface area contributed by atoms with Gasteiger partial charge in [0.05, 0.1) is 22.0 Å². The summed E-state index contributed by atoms with van der Waals surface area (Å²) in [5.74, 6) is -0.0628. The number of fused-ring (bicyclic) bond motifs is 1. The van der Waals surface area contributed by atoms with Crippen molar-refractivity contribution < 1.29 is 9.66 Å². The van der Waals surface area contributed by atoms with Gasteiger partial charge in [0.2, 0.25) is 5.75 Å². The van der Waals surface area contributed by atoms with E-state index in [9.17, 15) is 19.7 Å². The van der Waals surface area contributed by atoms with Gasteiger partial charge in [-0.25, -0.2) is 4.79 Å². The zero-order valence-electron chi connectivity index (χ0n) is 16.7. The molecular weight excluding hydrogens is 516 g/mol. The number of nitro groups is 1. The molecule has 0 aliphatic heterocycles. The van der Waals surface area contributed by atoms with E-state index in [1.807, 2.05) is 0 Å². The average Bonchev–Trinajstić information content (AvgIpc) is 2.79. The van der Waals surface area contributed by atoms with Crippen molar-refractivity contribution in [2.24, 2.45) is 5.10 Å². The van der Waals surface area contributed by atoms with Gasteiger partial charge in [0, 0.05) is 21.1 Å². The van der Waals surface area contributed by atoms with Gasteiger partial charge >= 0.3 is 11.4 Å². The Kier molecular flexibility index (Phi) is 6.38. The number of rotatable bonds is 6. The Hall–Kier alpha value is -3.76. The molecule has 0 saturated heterocycles. The highest BCUT2D eigenvalue weighted by atomic mass is 79.9. The monoisotopic (exact) mass is 528 g/mol. The fourth-order valence-corrected chi connectivity index (χ4v) is 3.69. The first-order valence-corrected chi connectivity index (χ1v) is 10.6. The number of nitrogens with zero attached hydrogens (tertiary/aromatic N) is 3. The number of hydrogen-bond acceptors (Lipinski definition) is 6. The number of nitro benzene ring substituents is 1. The summed E-state index contributed by atoms with van der Waals surface area (Å²) in [6.07, 6.45) is 1.17. The molecule has 1 N–H and O–H groups in total. The van der Waals surface area contributed by atoms with Crippen molar-refractivity contribution in [2.45, 2.75) is 6.61 Å². The van der Waals surface area contributed by atoms with E-state index >= 15 is 0 Å². The molecule has 0 atom stereocenters. The second-order valence-corrected chi connectivity index (χ2v) is 8.20. The summed E-state index contributed by atoms with van der Waals surface area (Å²) >= 11 is 9.13. The van der Waals surface area contributed by atoms with E-state index < -0.39 is 16.2 Å². The van der Waals surface area contributed by atoms with Crippen molar-refractivity contribution in [3.63, 3.8) is 0 Å². The van der Waals surface area contributed by atoms with Crippen LogP contribution in [0.15, 0.2) is 79.8 Å². The molecule has 0 aliphatic carbocycles. The molecule has 33 heavy (non-hydrogen) atoms. The van der Waals surface area contributed by atoms with E-state index in [1.165, 1.54) is 18.3 Å². The molecule has 11 heteroatoms. The quantitative estimate of drug-likeness (QED) is 0.224. The third-order valence-corrected chi connectivity index (χ3v) is 5.36. The Bertz CT molecular complexity index is 1510. The first kappa shape index (κ1) is 22.4. The van der Waals surface area contributed by atoms with Crippen molar-refractivity contribution in [1.29, 1.82) is 0 Å². The molecule has 0 bridgehead atoms. The summed E-state index contributed by atoms with van der Waals surface area (Å²) in [4.78, 5) is 38.7. The molecule has 3 aromatic carbocycles. The zero-order chi connectivity index (χ0) is 23.5. The van der Waals surface area contributed by atoms with Crippen LogP contribution in [0.25, 0.3) is 10.9 Å². The summed E-state index contributed by atoms with van der Waals surface area (Å²) in [5.41, 5.74) is -0.364. The van der Waals surface area contributed by atoms with E-state index in [2.05, 4.69) is 26.0 Å². The van der Waals surface area contributed by atoms with Crippen LogP contribution >= 0.6 is 27.5 Å². The van der Waals surface area contributed by atoms with E-state index in [-0.39, 0.29) is 29.0 Å². The summed E-state index contributed by atoms with van der Waals surface area (Å²) in [6.45, 7) is 0.0248. The molecule has 0 spiro atoms. The maximum absolute atomic E-state index is 12.7. The maximum Gasteiger partial charge on any atom is 0.349 e. The number of halogens is 2. The van der Waals surface area contributed by atoms with Crippen molar-refractivity contribution in [3.8, 4) is 5.75 Å². The molecule has 0 unspecified atom stereocenters. The van der Waals surface area contributed by atoms with E-state index in [1.54, 1.807) is 48.5 Å². The maximum atomic E-state index is 12.7. The predicted octanol–water partition coefficient (Wildman–Crippen LogP) is 4.48. The minimum atomic E-state index is -0.747. The predicted molar refractivity (Wildman–Crippen MR) is 128 cm³/mol. The molecular formula is C22H14BrClN4O5. The molecule has 166 valence electrons. The normalized spacial score (nSPS) is 11.2. The van der Waals surface area contributed by atoms with Crippen LogP contribution < -0.4 is 16.0 Å². The third-order valence-electron chi connectivity index (χ3n) is 4.65. The molecule has 4 rings (SSSR count). The van der Waals surface area contributed by atoms with E-state index in [0.29, 0.717) is 19.7 Å². The van der Waals surface area contributed by atoms with Crippen LogP contribution in [0.4, 0.5) is 5.69 Å². The molecule has 0 aliphatic rings. The van der Waals surface area contributed by atoms with Crippen molar-refractivity contribution in [2.75, 3.05) is 0 Å². The van der Waals surface area contributed by atoms with Gasteiger partial charge < -0.3 is 9.72 Å². The van der Waals surface area contributed by atoms with Crippen LogP contribution in [0.5, 0.6) is 5.75 Å². The number of benzene rings is 3. The molecule has 1 heterocycles. The minimum Gasteiger partial charge on any atom is -0.481 e. The highest BCUT2D eigenvalue weighted by Crippen LogP contribution is 2.34. The van der Waals surface area contributed by atoms with Gasteiger partial charge in [-0.2, -0.15) is 5.10 Å². The summed E-state index contributed by atoms with van der Waals surface area (Å²) in [5, 5.41) is 16.5. The zero-order valence-corrected chi connectivity index (χ0v) is 19.0. The van der Waals surface area contributed by atoms with E-state index in [0.717, 1.165) is 5.56 Å². The average molecular weight is 530 g/mol. The smallest absolute Gasteiger partial charge is 0.349 e. The largest absolute Gasteiger partial charge is 0.481 e. The standard InChI is InChI=1S/C22H14BrClN4O5/c23-15-9-14(11-25-27-21(29)17-3-1-2-4-18(17)26-22(27)30)20(19(10-15)28(31)32)33-12-13-5-7-16(24)8-6-13/h1-11H,12H2,(H,26,30). The van der Waals surface area contributed by atoms with Crippen LogP contribution in [0.1, 0.15) is 11.1 Å². The van der Waals surface area contributed by atoms with Crippen LogP contribution in [0.2, 0.25) is 5.02 Å². The van der Waals surface area contributed by atoms with Gasteiger partial charge in [-0.3, -0.25) is 14.9 Å². The van der Waals surface area contributed by atoms with E-state index in [4.69, 9.17) is 16.3 Å². The van der Waals surface area contributed by atoms with Gasteiger partial charge in [0.25, 0.3) is 5.56 Å². The number of hydrogen-bond donors (Lipinski definition) is 1. The lowest BCUT2D eigenvalue weighted by Crippen LogP contribution is -2.32. The summed E-state index contributed by atoms with van der Waals surface area (Å²) in [6, 6.07) is 16.2. The van der Waals surface area contributed by atoms with Crippen molar-refractivity contribution in [3.05, 3.63) is 112 Å². The Morgan fingerprint density at radius 3 is 2.61 bits per heavy atom. The Morgan fingerprint density at radius 1 is 1.15 bits per heavy atom. The Labute approximate surface area is 199 Å². The van der Waals surface area contributed by atoms with Crippen LogP contribution in [-0.2, 0) is 6.61 Å². The first-order chi connectivity index (χ1) is 15.8. The van der Waals surface area contributed by atoms with Crippen LogP contribution in [0, 0.1) is 10.1 Å². The van der Waals surface area contributed by atoms with Crippen molar-refractivity contribution in [1.82, 2.24) is 9.66 Å². The molecule has 0 fully saturated rings. The number of aromatic amines is 1. The molecule has 1 aromatic heterocycles. The molecule has 4 aromatic rings. The molecule has 9 nitrogen and oxygen atoms in total. The fraction of sp³-hybridized carbons (Fsp3) is 0.0455. The lowest BCUT2D eigenvalue weighted by molar-refractivity contribution is -0.386. The second kappa shape index (κ2) is 9.39. The highest BCUT2D eigenvalue weighted by Gasteiger charge is 2.21. The number of H-pyrrole nitrogens is 1. The van der Waals surface area contributed by atoms with Gasteiger partial charge in [-0.05, 0) is 35.9 Å².